The van der Waals surface area contributed by atoms with E-state index in [1.807, 2.05) is 13.8 Å². The van der Waals surface area contributed by atoms with Crippen LogP contribution in [0.25, 0.3) is 16.9 Å². The number of alkyl halides is 3. The van der Waals surface area contributed by atoms with Gasteiger partial charge in [0, 0.05) is 11.8 Å². The largest absolute Gasteiger partial charge is 0.416 e. The minimum absolute atomic E-state index is 0.0147. The van der Waals surface area contributed by atoms with E-state index in [4.69, 9.17) is 0 Å². The summed E-state index contributed by atoms with van der Waals surface area (Å²) >= 11 is 0. The number of nitrogens with zero attached hydrogens (tertiary/aromatic N) is 4. The van der Waals surface area contributed by atoms with Gasteiger partial charge in [0.1, 0.15) is 5.69 Å². The van der Waals surface area contributed by atoms with E-state index in [1.165, 1.54) is 23.0 Å². The maximum atomic E-state index is 14.0. The second-order valence-electron chi connectivity index (χ2n) is 7.70. The van der Waals surface area contributed by atoms with Gasteiger partial charge in [-0.3, -0.25) is 4.98 Å². The summed E-state index contributed by atoms with van der Waals surface area (Å²) in [5.41, 5.74) is 0.296. The second kappa shape index (κ2) is 7.81. The molecule has 1 aromatic carbocycles. The molecule has 0 unspecified atom stereocenters. The zero-order valence-electron chi connectivity index (χ0n) is 17.0. The van der Waals surface area contributed by atoms with Gasteiger partial charge < -0.3 is 0 Å². The number of hydrogen-bond donors (Lipinski definition) is 0. The van der Waals surface area contributed by atoms with Crippen LogP contribution in [-0.4, -0.2) is 19.7 Å². The maximum Gasteiger partial charge on any atom is 0.416 e. The van der Waals surface area contributed by atoms with Crippen molar-refractivity contribution >= 4 is 0 Å². The second-order valence-corrected chi connectivity index (χ2v) is 7.70. The van der Waals surface area contributed by atoms with Gasteiger partial charge in [0.2, 0.25) is 11.9 Å². The number of pyridine rings is 2. The van der Waals surface area contributed by atoms with Crippen LogP contribution in [-0.2, 0) is 11.6 Å². The maximum absolute atomic E-state index is 14.0. The highest BCUT2D eigenvalue weighted by Gasteiger charge is 2.31. The molecule has 4 nitrogen and oxygen atoms in total. The van der Waals surface area contributed by atoms with Crippen LogP contribution in [0.3, 0.4) is 0 Å². The predicted molar refractivity (Wildman–Crippen MR) is 108 cm³/mol. The lowest BCUT2D eigenvalue weighted by Gasteiger charge is -2.22. The number of benzene rings is 1. The Labute approximate surface area is 180 Å². The van der Waals surface area contributed by atoms with Gasteiger partial charge in [0.15, 0.2) is 0 Å². The van der Waals surface area contributed by atoms with Crippen molar-refractivity contribution in [2.24, 2.45) is 0 Å². The molecule has 0 bridgehead atoms. The number of halogens is 5. The van der Waals surface area contributed by atoms with E-state index in [-0.39, 0.29) is 5.69 Å². The van der Waals surface area contributed by atoms with Crippen molar-refractivity contribution in [3.05, 3.63) is 95.7 Å². The van der Waals surface area contributed by atoms with Gasteiger partial charge >= 0.3 is 6.18 Å². The fraction of sp³-hybridized carbons (Fsp3) is 0.174. The Morgan fingerprint density at radius 1 is 0.812 bits per heavy atom. The molecule has 0 spiro atoms. The summed E-state index contributed by atoms with van der Waals surface area (Å²) in [5, 5.41) is 4.39. The Kier molecular flexibility index (Phi) is 5.28. The van der Waals surface area contributed by atoms with E-state index >= 15 is 0 Å². The van der Waals surface area contributed by atoms with E-state index < -0.39 is 29.1 Å². The third kappa shape index (κ3) is 4.10. The van der Waals surface area contributed by atoms with Gasteiger partial charge in [0.25, 0.3) is 0 Å². The fourth-order valence-corrected chi connectivity index (χ4v) is 3.30. The van der Waals surface area contributed by atoms with Crippen molar-refractivity contribution < 1.29 is 22.0 Å². The molecule has 0 N–H and O–H groups in total. The van der Waals surface area contributed by atoms with Crippen LogP contribution in [0.5, 0.6) is 0 Å². The molecule has 0 aliphatic carbocycles. The molecule has 0 saturated heterocycles. The molecule has 164 valence electrons. The first-order valence-corrected chi connectivity index (χ1v) is 9.59. The van der Waals surface area contributed by atoms with Gasteiger partial charge in [0.05, 0.1) is 28.1 Å². The average Bonchev–Trinajstić information content (AvgIpc) is 3.24. The summed E-state index contributed by atoms with van der Waals surface area (Å²) in [6.07, 6.45) is -2.93. The molecule has 0 aliphatic rings. The Balaban J connectivity index is 1.70. The summed E-state index contributed by atoms with van der Waals surface area (Å²) in [7, 11) is 0. The molecular weight excluding hydrogens is 427 g/mol. The molecule has 0 fully saturated rings. The SMILES string of the molecule is CC(C)(c1cccc(-c2cccc(C(F)(F)F)c2)n1)c1ccn(-c2ccc(F)nc2F)n1. The van der Waals surface area contributed by atoms with E-state index in [2.05, 4.69) is 15.1 Å². The van der Waals surface area contributed by atoms with Gasteiger partial charge in [-0.05, 0) is 56.3 Å². The lowest BCUT2D eigenvalue weighted by Crippen LogP contribution is -2.22. The quantitative estimate of drug-likeness (QED) is 0.289. The van der Waals surface area contributed by atoms with Gasteiger partial charge in [-0.1, -0.05) is 18.2 Å². The van der Waals surface area contributed by atoms with Crippen molar-refractivity contribution in [3.63, 3.8) is 0 Å². The highest BCUT2D eigenvalue weighted by atomic mass is 19.4. The van der Waals surface area contributed by atoms with E-state index in [9.17, 15) is 22.0 Å². The smallest absolute Gasteiger partial charge is 0.252 e. The fourth-order valence-electron chi connectivity index (χ4n) is 3.30. The molecule has 0 saturated carbocycles. The van der Waals surface area contributed by atoms with Crippen LogP contribution >= 0.6 is 0 Å². The first-order valence-electron chi connectivity index (χ1n) is 9.59. The first kappa shape index (κ1) is 21.6. The Bertz CT molecular complexity index is 1280. The predicted octanol–water partition coefficient (Wildman–Crippen LogP) is 5.95. The summed E-state index contributed by atoms with van der Waals surface area (Å²) in [6, 6.07) is 14.0. The molecule has 0 radical (unpaired) electrons. The monoisotopic (exact) mass is 444 g/mol. The zero-order chi connectivity index (χ0) is 23.1. The van der Waals surface area contributed by atoms with Crippen molar-refractivity contribution in [1.82, 2.24) is 19.7 Å². The normalized spacial score (nSPS) is 12.2. The lowest BCUT2D eigenvalue weighted by atomic mass is 9.85. The molecule has 0 amide bonds. The third-order valence-corrected chi connectivity index (χ3v) is 5.15. The minimum Gasteiger partial charge on any atom is -0.252 e. The summed E-state index contributed by atoms with van der Waals surface area (Å²) in [5.74, 6) is -1.93. The molecular formula is C23H17F5N4. The standard InChI is InChI=1S/C23H17F5N4/c1-22(2,19-11-12-32(31-19)17-9-10-20(24)30-21(17)25)18-8-4-7-16(29-18)14-5-3-6-15(13-14)23(26,27)28/h3-13H,1-2H3. The highest BCUT2D eigenvalue weighted by molar-refractivity contribution is 5.60. The molecule has 32 heavy (non-hydrogen) atoms. The molecule has 4 rings (SSSR count). The topological polar surface area (TPSA) is 43.6 Å². The van der Waals surface area contributed by atoms with Crippen molar-refractivity contribution in [3.8, 4) is 16.9 Å². The van der Waals surface area contributed by atoms with E-state index in [0.717, 1.165) is 18.2 Å². The molecule has 0 atom stereocenters. The Morgan fingerprint density at radius 3 is 2.28 bits per heavy atom. The third-order valence-electron chi connectivity index (χ3n) is 5.15. The Hall–Kier alpha value is -3.62. The van der Waals surface area contributed by atoms with Crippen LogP contribution in [0.4, 0.5) is 22.0 Å². The van der Waals surface area contributed by atoms with Crippen molar-refractivity contribution in [2.45, 2.75) is 25.4 Å². The van der Waals surface area contributed by atoms with Crippen LogP contribution < -0.4 is 0 Å². The minimum atomic E-state index is -4.45. The molecule has 3 aromatic heterocycles. The molecule has 4 aromatic rings. The number of aromatic nitrogens is 4. The van der Waals surface area contributed by atoms with E-state index in [1.54, 1.807) is 30.3 Å². The van der Waals surface area contributed by atoms with Crippen molar-refractivity contribution in [2.75, 3.05) is 0 Å². The number of hydrogen-bond acceptors (Lipinski definition) is 3. The Morgan fingerprint density at radius 2 is 1.56 bits per heavy atom. The van der Waals surface area contributed by atoms with Crippen LogP contribution in [0.2, 0.25) is 0 Å². The van der Waals surface area contributed by atoms with Crippen LogP contribution in [0.1, 0.15) is 30.8 Å². The molecule has 3 heterocycles. The highest BCUT2D eigenvalue weighted by Crippen LogP contribution is 2.34. The van der Waals surface area contributed by atoms with Gasteiger partial charge in [-0.15, -0.1) is 0 Å². The van der Waals surface area contributed by atoms with E-state index in [0.29, 0.717) is 22.6 Å². The zero-order valence-corrected chi connectivity index (χ0v) is 17.0. The van der Waals surface area contributed by atoms with Gasteiger partial charge in [-0.2, -0.15) is 32.0 Å². The lowest BCUT2D eigenvalue weighted by molar-refractivity contribution is -0.137. The van der Waals surface area contributed by atoms with Crippen LogP contribution in [0, 0.1) is 11.9 Å². The van der Waals surface area contributed by atoms with Gasteiger partial charge in [-0.25, -0.2) is 4.68 Å². The average molecular weight is 444 g/mol. The molecule has 9 heteroatoms. The summed E-state index contributed by atoms with van der Waals surface area (Å²) in [4.78, 5) is 7.74. The first-order chi connectivity index (χ1) is 15.1. The number of rotatable bonds is 4. The summed E-state index contributed by atoms with van der Waals surface area (Å²) in [6.45, 7) is 3.69. The summed E-state index contributed by atoms with van der Waals surface area (Å²) < 4.78 is 67.6. The van der Waals surface area contributed by atoms with Crippen molar-refractivity contribution in [1.29, 1.82) is 0 Å². The molecule has 0 aliphatic heterocycles. The van der Waals surface area contributed by atoms with Crippen LogP contribution in [0.15, 0.2) is 66.9 Å².